The molecule has 6 heteroatoms. The molecule has 0 atom stereocenters. The zero-order valence-electron chi connectivity index (χ0n) is 13.9. The Labute approximate surface area is 148 Å². The van der Waals surface area contributed by atoms with Crippen molar-refractivity contribution in [1.29, 1.82) is 0 Å². The fourth-order valence-electron chi connectivity index (χ4n) is 2.14. The molecule has 0 aliphatic rings. The lowest BCUT2D eigenvalue weighted by Gasteiger charge is -2.18. The summed E-state index contributed by atoms with van der Waals surface area (Å²) in [5, 5.41) is 0. The molecule has 0 radical (unpaired) electrons. The minimum absolute atomic E-state index is 0. The number of para-hydroxylation sites is 2. The summed E-state index contributed by atoms with van der Waals surface area (Å²) < 4.78 is 10.9. The maximum absolute atomic E-state index is 12.3. The second kappa shape index (κ2) is 9.80. The molecular formula is C18H23ClN2O3. The van der Waals surface area contributed by atoms with E-state index in [-0.39, 0.29) is 18.3 Å². The number of hydrogen-bond acceptors (Lipinski definition) is 4. The van der Waals surface area contributed by atoms with E-state index < -0.39 is 0 Å². The van der Waals surface area contributed by atoms with E-state index in [1.54, 1.807) is 31.2 Å². The molecule has 0 aromatic heterocycles. The number of methoxy groups -OCH3 is 1. The summed E-state index contributed by atoms with van der Waals surface area (Å²) in [5.41, 5.74) is 7.20. The predicted molar refractivity (Wildman–Crippen MR) is 97.0 cm³/mol. The number of nitrogens with two attached hydrogens (primary N) is 1. The first kappa shape index (κ1) is 19.8. The Morgan fingerprint density at radius 1 is 1.08 bits per heavy atom. The van der Waals surface area contributed by atoms with Crippen molar-refractivity contribution in [2.75, 3.05) is 27.3 Å². The van der Waals surface area contributed by atoms with Gasteiger partial charge in [0.05, 0.1) is 13.7 Å². The molecule has 2 N–H and O–H groups in total. The van der Waals surface area contributed by atoms with E-state index in [4.69, 9.17) is 15.2 Å². The summed E-state index contributed by atoms with van der Waals surface area (Å²) in [7, 11) is 3.35. The van der Waals surface area contributed by atoms with Gasteiger partial charge < -0.3 is 20.1 Å². The third-order valence-electron chi connectivity index (χ3n) is 3.54. The van der Waals surface area contributed by atoms with Gasteiger partial charge in [-0.3, -0.25) is 4.79 Å². The number of ether oxygens (including phenoxy) is 2. The molecule has 130 valence electrons. The number of rotatable bonds is 7. The molecule has 0 heterocycles. The summed E-state index contributed by atoms with van der Waals surface area (Å²) >= 11 is 0. The first-order valence-electron chi connectivity index (χ1n) is 7.46. The van der Waals surface area contributed by atoms with Crippen LogP contribution in [0.5, 0.6) is 11.5 Å². The van der Waals surface area contributed by atoms with Gasteiger partial charge in [-0.1, -0.05) is 24.3 Å². The Morgan fingerprint density at radius 3 is 2.29 bits per heavy atom. The summed E-state index contributed by atoms with van der Waals surface area (Å²) in [4.78, 5) is 14.0. The molecule has 0 aliphatic carbocycles. The molecule has 2 rings (SSSR count). The van der Waals surface area contributed by atoms with E-state index >= 15 is 0 Å². The van der Waals surface area contributed by atoms with Crippen LogP contribution in [0.4, 0.5) is 0 Å². The fraction of sp³-hybridized carbons (Fsp3) is 0.278. The number of carbonyl (C=O) groups excluding carboxylic acids is 1. The quantitative estimate of drug-likeness (QED) is 0.833. The first-order chi connectivity index (χ1) is 11.2. The molecule has 0 unspecified atom stereocenters. The average molecular weight is 351 g/mol. The molecule has 2 aromatic carbocycles. The third kappa shape index (κ3) is 5.15. The van der Waals surface area contributed by atoms with Crippen LogP contribution in [-0.4, -0.2) is 38.1 Å². The fourth-order valence-corrected chi connectivity index (χ4v) is 2.14. The number of hydrogen-bond donors (Lipinski definition) is 1. The minimum Gasteiger partial charge on any atom is -0.493 e. The number of carbonyl (C=O) groups is 1. The van der Waals surface area contributed by atoms with Crippen molar-refractivity contribution in [3.63, 3.8) is 0 Å². The van der Waals surface area contributed by atoms with Gasteiger partial charge in [0.25, 0.3) is 5.91 Å². The molecular weight excluding hydrogens is 328 g/mol. The molecule has 0 bridgehead atoms. The van der Waals surface area contributed by atoms with E-state index in [1.165, 1.54) is 0 Å². The lowest BCUT2D eigenvalue weighted by molar-refractivity contribution is 0.0773. The monoisotopic (exact) mass is 350 g/mol. The standard InChI is InChI=1S/C18H22N2O3.ClH/c1-20(18(21)15-9-7-14(13-19)8-10-15)11-12-23-17-6-4-3-5-16(17)22-2;/h3-10H,11-13,19H2,1-2H3;1H. The van der Waals surface area contributed by atoms with Gasteiger partial charge in [-0.2, -0.15) is 0 Å². The van der Waals surface area contributed by atoms with Gasteiger partial charge in [-0.05, 0) is 29.8 Å². The molecule has 0 spiro atoms. The highest BCUT2D eigenvalue weighted by Crippen LogP contribution is 2.25. The van der Waals surface area contributed by atoms with Gasteiger partial charge in [0.15, 0.2) is 11.5 Å². The smallest absolute Gasteiger partial charge is 0.253 e. The lowest BCUT2D eigenvalue weighted by Crippen LogP contribution is -2.30. The number of likely N-dealkylation sites (N-methyl/N-ethyl adjacent to an activating group) is 1. The average Bonchev–Trinajstić information content (AvgIpc) is 2.61. The van der Waals surface area contributed by atoms with Crippen LogP contribution in [0.25, 0.3) is 0 Å². The van der Waals surface area contributed by atoms with E-state index in [0.29, 0.717) is 36.8 Å². The SMILES string of the molecule is COc1ccccc1OCCN(C)C(=O)c1ccc(CN)cc1.Cl. The number of benzene rings is 2. The number of nitrogens with zero attached hydrogens (tertiary/aromatic N) is 1. The second-order valence-corrected chi connectivity index (χ2v) is 5.13. The normalized spacial score (nSPS) is 9.79. The second-order valence-electron chi connectivity index (χ2n) is 5.13. The van der Waals surface area contributed by atoms with Gasteiger partial charge >= 0.3 is 0 Å². The number of halogens is 1. The largest absolute Gasteiger partial charge is 0.493 e. The Bertz CT molecular complexity index is 647. The minimum atomic E-state index is -0.0443. The molecule has 5 nitrogen and oxygen atoms in total. The van der Waals surface area contributed by atoms with Crippen molar-refractivity contribution < 1.29 is 14.3 Å². The van der Waals surface area contributed by atoms with Crippen LogP contribution in [0, 0.1) is 0 Å². The Hall–Kier alpha value is -2.24. The van der Waals surface area contributed by atoms with Crippen molar-refractivity contribution in [3.8, 4) is 11.5 Å². The van der Waals surface area contributed by atoms with Gasteiger partial charge in [0.2, 0.25) is 0 Å². The highest BCUT2D eigenvalue weighted by molar-refractivity contribution is 5.94. The van der Waals surface area contributed by atoms with E-state index in [0.717, 1.165) is 5.56 Å². The zero-order chi connectivity index (χ0) is 16.7. The van der Waals surface area contributed by atoms with Gasteiger partial charge in [-0.15, -0.1) is 12.4 Å². The molecule has 0 fully saturated rings. The van der Waals surface area contributed by atoms with Crippen molar-refractivity contribution in [1.82, 2.24) is 4.90 Å². The third-order valence-corrected chi connectivity index (χ3v) is 3.54. The van der Waals surface area contributed by atoms with E-state index in [2.05, 4.69) is 0 Å². The van der Waals surface area contributed by atoms with Crippen molar-refractivity contribution in [2.45, 2.75) is 6.54 Å². The lowest BCUT2D eigenvalue weighted by atomic mass is 10.1. The van der Waals surface area contributed by atoms with Gasteiger partial charge in [-0.25, -0.2) is 0 Å². The van der Waals surface area contributed by atoms with Crippen molar-refractivity contribution >= 4 is 18.3 Å². The molecule has 0 saturated heterocycles. The number of amides is 1. The van der Waals surface area contributed by atoms with Crippen LogP contribution in [0.3, 0.4) is 0 Å². The summed E-state index contributed by atoms with van der Waals surface area (Å²) in [6.45, 7) is 1.34. The van der Waals surface area contributed by atoms with E-state index in [9.17, 15) is 4.79 Å². The maximum Gasteiger partial charge on any atom is 0.253 e. The van der Waals surface area contributed by atoms with Crippen LogP contribution >= 0.6 is 12.4 Å². The molecule has 0 aliphatic heterocycles. The Morgan fingerprint density at radius 2 is 1.71 bits per heavy atom. The van der Waals surface area contributed by atoms with Crippen molar-refractivity contribution in [2.24, 2.45) is 5.73 Å². The van der Waals surface area contributed by atoms with Gasteiger partial charge in [0, 0.05) is 19.2 Å². The Balaban J connectivity index is 0.00000288. The Kier molecular flexibility index (Phi) is 8.09. The molecule has 2 aromatic rings. The zero-order valence-corrected chi connectivity index (χ0v) is 14.7. The van der Waals surface area contributed by atoms with Gasteiger partial charge in [0.1, 0.15) is 6.61 Å². The molecule has 24 heavy (non-hydrogen) atoms. The van der Waals surface area contributed by atoms with Crippen LogP contribution in [0.1, 0.15) is 15.9 Å². The highest BCUT2D eigenvalue weighted by Gasteiger charge is 2.12. The van der Waals surface area contributed by atoms with Crippen LogP contribution < -0.4 is 15.2 Å². The first-order valence-corrected chi connectivity index (χ1v) is 7.46. The van der Waals surface area contributed by atoms with E-state index in [1.807, 2.05) is 36.4 Å². The molecule has 1 amide bonds. The van der Waals surface area contributed by atoms with Crippen LogP contribution in [0.2, 0.25) is 0 Å². The summed E-state index contributed by atoms with van der Waals surface area (Å²) in [6.07, 6.45) is 0. The molecule has 0 saturated carbocycles. The van der Waals surface area contributed by atoms with Crippen molar-refractivity contribution in [3.05, 3.63) is 59.7 Å². The maximum atomic E-state index is 12.3. The van der Waals surface area contributed by atoms with Crippen LogP contribution in [-0.2, 0) is 6.54 Å². The summed E-state index contributed by atoms with van der Waals surface area (Å²) in [6, 6.07) is 14.8. The van der Waals surface area contributed by atoms with Crippen LogP contribution in [0.15, 0.2) is 48.5 Å². The highest BCUT2D eigenvalue weighted by atomic mass is 35.5. The topological polar surface area (TPSA) is 64.8 Å². The predicted octanol–water partition coefficient (Wildman–Crippen LogP) is 2.73. The summed E-state index contributed by atoms with van der Waals surface area (Å²) in [5.74, 6) is 1.30.